The van der Waals surface area contributed by atoms with Gasteiger partial charge in [-0.3, -0.25) is 9.59 Å². The van der Waals surface area contributed by atoms with Gasteiger partial charge >= 0.3 is 11.9 Å². The van der Waals surface area contributed by atoms with Crippen molar-refractivity contribution in [3.63, 3.8) is 0 Å². The lowest BCUT2D eigenvalue weighted by atomic mass is 10.1. The standard InChI is InChI=1S/C21H24N8O5/c1-23-21-27-17(22)16-18(28-21)24-9-12(25-16)10-29(2)13-5-3-11(4-6-13)19(32)26-14(20(33)34)7-8-15(30)31/h3-6,9,14H,7-8,10H2,1-2H3,(H,26,32)(H,30,31)(H,33,34)(H3,22,23,24,27,28). The van der Waals surface area contributed by atoms with E-state index in [0.717, 1.165) is 5.69 Å². The van der Waals surface area contributed by atoms with Crippen LogP contribution in [0.15, 0.2) is 30.5 Å². The number of nitrogens with one attached hydrogen (secondary N) is 2. The van der Waals surface area contributed by atoms with Crippen LogP contribution in [0, 0.1) is 0 Å². The molecule has 13 heteroatoms. The molecule has 34 heavy (non-hydrogen) atoms. The molecule has 3 rings (SSSR count). The van der Waals surface area contributed by atoms with Gasteiger partial charge in [0.15, 0.2) is 17.0 Å². The first-order chi connectivity index (χ1) is 16.2. The molecular formula is C21H24N8O5. The third-order valence-corrected chi connectivity index (χ3v) is 4.93. The number of carboxylic acid groups (broad SMARTS) is 2. The fourth-order valence-electron chi connectivity index (χ4n) is 3.12. The highest BCUT2D eigenvalue weighted by atomic mass is 16.4. The molecule has 1 amide bonds. The number of carbonyl (C=O) groups is 3. The van der Waals surface area contributed by atoms with E-state index < -0.39 is 23.9 Å². The van der Waals surface area contributed by atoms with Gasteiger partial charge in [-0.2, -0.15) is 9.97 Å². The van der Waals surface area contributed by atoms with E-state index in [-0.39, 0.29) is 24.2 Å². The summed E-state index contributed by atoms with van der Waals surface area (Å²) >= 11 is 0. The molecule has 0 saturated heterocycles. The van der Waals surface area contributed by atoms with Crippen LogP contribution in [0.5, 0.6) is 0 Å². The van der Waals surface area contributed by atoms with Crippen molar-refractivity contribution < 1.29 is 24.6 Å². The molecular weight excluding hydrogens is 444 g/mol. The van der Waals surface area contributed by atoms with E-state index in [2.05, 4.69) is 30.6 Å². The zero-order chi connectivity index (χ0) is 24.8. The highest BCUT2D eigenvalue weighted by Gasteiger charge is 2.21. The molecule has 0 aliphatic heterocycles. The van der Waals surface area contributed by atoms with Gasteiger partial charge < -0.3 is 31.5 Å². The minimum Gasteiger partial charge on any atom is -0.481 e. The third kappa shape index (κ3) is 5.82. The van der Waals surface area contributed by atoms with Crippen molar-refractivity contribution in [1.82, 2.24) is 25.3 Å². The third-order valence-electron chi connectivity index (χ3n) is 4.93. The fraction of sp³-hybridized carbons (Fsp3) is 0.286. The Bertz CT molecular complexity index is 1220. The Morgan fingerprint density at radius 3 is 2.44 bits per heavy atom. The molecule has 6 N–H and O–H groups in total. The SMILES string of the molecule is CNc1nc(N)c2nc(CN(C)c3ccc(C(=O)NC(CCC(=O)O)C(=O)O)cc3)cnc2n1. The van der Waals surface area contributed by atoms with E-state index >= 15 is 0 Å². The molecule has 1 unspecified atom stereocenters. The zero-order valence-electron chi connectivity index (χ0n) is 18.5. The average molecular weight is 468 g/mol. The summed E-state index contributed by atoms with van der Waals surface area (Å²) in [7, 11) is 3.51. The minimum absolute atomic E-state index is 0.212. The molecule has 0 radical (unpaired) electrons. The molecule has 178 valence electrons. The Hall–Kier alpha value is -4.55. The molecule has 3 aromatic rings. The highest BCUT2D eigenvalue weighted by Crippen LogP contribution is 2.19. The topological polar surface area (TPSA) is 197 Å². The monoisotopic (exact) mass is 468 g/mol. The smallest absolute Gasteiger partial charge is 0.326 e. The number of carboxylic acids is 2. The van der Waals surface area contributed by atoms with Crippen molar-refractivity contribution >= 4 is 46.5 Å². The van der Waals surface area contributed by atoms with Crippen molar-refractivity contribution in [3.8, 4) is 0 Å². The predicted octanol–water partition coefficient (Wildman–Crippen LogP) is 0.728. The van der Waals surface area contributed by atoms with Crippen LogP contribution < -0.4 is 21.3 Å². The second kappa shape index (κ2) is 10.4. The maximum absolute atomic E-state index is 12.4. The Kier molecular flexibility index (Phi) is 7.36. The summed E-state index contributed by atoms with van der Waals surface area (Å²) in [5, 5.41) is 23.1. The molecule has 0 bridgehead atoms. The van der Waals surface area contributed by atoms with Gasteiger partial charge in [-0.15, -0.1) is 0 Å². The average Bonchev–Trinajstić information content (AvgIpc) is 2.81. The molecule has 1 atom stereocenters. The van der Waals surface area contributed by atoms with Crippen LogP contribution in [0.2, 0.25) is 0 Å². The van der Waals surface area contributed by atoms with E-state index in [0.29, 0.717) is 29.4 Å². The van der Waals surface area contributed by atoms with E-state index in [9.17, 15) is 19.5 Å². The maximum Gasteiger partial charge on any atom is 0.326 e. The Morgan fingerprint density at radius 2 is 1.82 bits per heavy atom. The molecule has 2 heterocycles. The Balaban J connectivity index is 1.68. The van der Waals surface area contributed by atoms with Gasteiger partial charge in [-0.05, 0) is 30.7 Å². The Morgan fingerprint density at radius 1 is 1.12 bits per heavy atom. The van der Waals surface area contributed by atoms with Gasteiger partial charge in [0.25, 0.3) is 5.91 Å². The summed E-state index contributed by atoms with van der Waals surface area (Å²) in [5.74, 6) is -2.48. The number of nitrogens with zero attached hydrogens (tertiary/aromatic N) is 5. The van der Waals surface area contributed by atoms with Gasteiger partial charge in [-0.1, -0.05) is 0 Å². The summed E-state index contributed by atoms with van der Waals surface area (Å²) in [4.78, 5) is 53.4. The van der Waals surface area contributed by atoms with Crippen LogP contribution in [0.3, 0.4) is 0 Å². The summed E-state index contributed by atoms with van der Waals surface area (Å²) in [5.41, 5.74) is 8.39. The fourth-order valence-corrected chi connectivity index (χ4v) is 3.12. The number of nitrogen functional groups attached to an aromatic ring is 1. The van der Waals surface area contributed by atoms with Crippen molar-refractivity contribution in [1.29, 1.82) is 0 Å². The summed E-state index contributed by atoms with van der Waals surface area (Å²) in [6.45, 7) is 0.387. The largest absolute Gasteiger partial charge is 0.481 e. The van der Waals surface area contributed by atoms with Gasteiger partial charge in [0.1, 0.15) is 6.04 Å². The van der Waals surface area contributed by atoms with Gasteiger partial charge in [-0.25, -0.2) is 14.8 Å². The van der Waals surface area contributed by atoms with Gasteiger partial charge in [0.2, 0.25) is 5.95 Å². The Labute approximate surface area is 194 Å². The number of hydrogen-bond donors (Lipinski definition) is 5. The lowest BCUT2D eigenvalue weighted by molar-refractivity contribution is -0.140. The quantitative estimate of drug-likeness (QED) is 0.280. The predicted molar refractivity (Wildman–Crippen MR) is 123 cm³/mol. The number of nitrogens with two attached hydrogens (primary N) is 1. The van der Waals surface area contributed by atoms with Crippen molar-refractivity contribution in [3.05, 3.63) is 41.7 Å². The van der Waals surface area contributed by atoms with Gasteiger partial charge in [0.05, 0.1) is 18.4 Å². The zero-order valence-corrected chi connectivity index (χ0v) is 18.5. The van der Waals surface area contributed by atoms with E-state index in [1.165, 1.54) is 0 Å². The van der Waals surface area contributed by atoms with Crippen molar-refractivity contribution in [2.24, 2.45) is 0 Å². The van der Waals surface area contributed by atoms with Crippen LogP contribution in [0.4, 0.5) is 17.5 Å². The molecule has 0 spiro atoms. The number of carbonyl (C=O) groups excluding carboxylic acids is 1. The number of anilines is 3. The molecule has 0 saturated carbocycles. The number of fused-ring (bicyclic) bond motifs is 1. The molecule has 2 aromatic heterocycles. The first-order valence-electron chi connectivity index (χ1n) is 10.2. The normalized spacial score (nSPS) is 11.6. The number of aromatic nitrogens is 4. The number of amides is 1. The van der Waals surface area contributed by atoms with Crippen LogP contribution in [0.25, 0.3) is 11.2 Å². The number of benzene rings is 1. The van der Waals surface area contributed by atoms with Crippen LogP contribution >= 0.6 is 0 Å². The lowest BCUT2D eigenvalue weighted by Crippen LogP contribution is -2.41. The van der Waals surface area contributed by atoms with Gasteiger partial charge in [0, 0.05) is 31.8 Å². The molecule has 1 aromatic carbocycles. The van der Waals surface area contributed by atoms with E-state index in [4.69, 9.17) is 10.8 Å². The highest BCUT2D eigenvalue weighted by molar-refractivity contribution is 5.97. The number of rotatable bonds is 10. The van der Waals surface area contributed by atoms with Crippen LogP contribution in [0.1, 0.15) is 28.9 Å². The summed E-state index contributed by atoms with van der Waals surface area (Å²) in [6, 6.07) is 5.21. The van der Waals surface area contributed by atoms with Crippen LogP contribution in [-0.4, -0.2) is 68.1 Å². The summed E-state index contributed by atoms with van der Waals surface area (Å²) in [6.07, 6.45) is 1.01. The van der Waals surface area contributed by atoms with Crippen molar-refractivity contribution in [2.45, 2.75) is 25.4 Å². The second-order valence-electron chi connectivity index (χ2n) is 7.42. The lowest BCUT2D eigenvalue weighted by Gasteiger charge is -2.19. The minimum atomic E-state index is -1.30. The second-order valence-corrected chi connectivity index (χ2v) is 7.42. The van der Waals surface area contributed by atoms with E-state index in [1.807, 2.05) is 11.9 Å². The molecule has 0 fully saturated rings. The van der Waals surface area contributed by atoms with E-state index in [1.54, 1.807) is 37.5 Å². The molecule has 13 nitrogen and oxygen atoms in total. The van der Waals surface area contributed by atoms with Crippen LogP contribution in [-0.2, 0) is 16.1 Å². The summed E-state index contributed by atoms with van der Waals surface area (Å²) < 4.78 is 0. The number of aliphatic carboxylic acids is 2. The molecule has 0 aliphatic rings. The first kappa shape index (κ1) is 24.1. The van der Waals surface area contributed by atoms with Crippen molar-refractivity contribution in [2.75, 3.05) is 30.0 Å². The number of hydrogen-bond acceptors (Lipinski definition) is 10. The first-order valence-corrected chi connectivity index (χ1v) is 10.2. The maximum atomic E-state index is 12.4. The molecule has 0 aliphatic carbocycles.